The number of anilines is 2. The Morgan fingerprint density at radius 3 is 3.05 bits per heavy atom. The summed E-state index contributed by atoms with van der Waals surface area (Å²) in [5.41, 5.74) is -0.0341. The molecule has 1 fully saturated rings. The fraction of sp³-hybridized carbons (Fsp3) is 0.583. The van der Waals surface area contributed by atoms with Crippen LogP contribution in [0.15, 0.2) is 12.1 Å². The number of likely N-dealkylation sites (N-methyl/N-ethyl adjacent to an activating group) is 1. The van der Waals surface area contributed by atoms with Crippen molar-refractivity contribution in [2.24, 2.45) is 0 Å². The van der Waals surface area contributed by atoms with Crippen LogP contribution in [-0.2, 0) is 4.74 Å². The first-order valence-electron chi connectivity index (χ1n) is 6.47. The molecule has 0 saturated carbocycles. The van der Waals surface area contributed by atoms with Gasteiger partial charge in [-0.3, -0.25) is 10.1 Å². The maximum atomic E-state index is 11.0. The van der Waals surface area contributed by atoms with Gasteiger partial charge in [0, 0.05) is 32.7 Å². The van der Waals surface area contributed by atoms with Crippen LogP contribution < -0.4 is 10.6 Å². The number of morpholine rings is 1. The topological polar surface area (TPSA) is 92.6 Å². The van der Waals surface area contributed by atoms with E-state index >= 15 is 0 Å². The van der Waals surface area contributed by atoms with Gasteiger partial charge in [0.05, 0.1) is 17.6 Å². The molecule has 2 rings (SSSR count). The van der Waals surface area contributed by atoms with Crippen molar-refractivity contribution < 1.29 is 9.66 Å². The number of ether oxygens (including phenoxy) is 1. The molecule has 20 heavy (non-hydrogen) atoms. The molecule has 1 unspecified atom stereocenters. The summed E-state index contributed by atoms with van der Waals surface area (Å²) in [4.78, 5) is 16.9. The van der Waals surface area contributed by atoms with Gasteiger partial charge in [0.25, 0.3) is 0 Å². The van der Waals surface area contributed by atoms with Gasteiger partial charge in [0.15, 0.2) is 0 Å². The Kier molecular flexibility index (Phi) is 4.70. The molecule has 0 radical (unpaired) electrons. The van der Waals surface area contributed by atoms with E-state index in [-0.39, 0.29) is 17.6 Å². The van der Waals surface area contributed by atoms with E-state index in [0.29, 0.717) is 19.0 Å². The highest BCUT2D eigenvalue weighted by molar-refractivity contribution is 5.60. The molecule has 8 nitrogen and oxygen atoms in total. The van der Waals surface area contributed by atoms with Crippen LogP contribution in [0.5, 0.6) is 0 Å². The second kappa shape index (κ2) is 6.49. The minimum atomic E-state index is -0.442. The Morgan fingerprint density at radius 2 is 2.40 bits per heavy atom. The molecule has 8 heteroatoms. The molecule has 0 aliphatic carbocycles. The number of nitro groups is 1. The Labute approximate surface area is 117 Å². The summed E-state index contributed by atoms with van der Waals surface area (Å²) in [7, 11) is 3.75. The van der Waals surface area contributed by atoms with Gasteiger partial charge in [-0.05, 0) is 13.1 Å². The van der Waals surface area contributed by atoms with E-state index < -0.39 is 4.92 Å². The van der Waals surface area contributed by atoms with Crippen LogP contribution in [0.4, 0.5) is 17.3 Å². The molecule has 1 aliphatic rings. The maximum absolute atomic E-state index is 11.0. The number of nitrogens with zero attached hydrogens (tertiary/aromatic N) is 3. The second-order valence-electron chi connectivity index (χ2n) is 4.71. The smallest absolute Gasteiger partial charge is 0.311 e. The average molecular weight is 281 g/mol. The standard InChI is InChI=1S/C12H19N5O3/c1-13-11-4-3-10(17(18)19)12(15-11)14-7-9-8-16(2)5-6-20-9/h3-4,9H,5-8H2,1-2H3,(H2,13,14,15). The Morgan fingerprint density at radius 1 is 1.60 bits per heavy atom. The summed E-state index contributed by atoms with van der Waals surface area (Å²) >= 11 is 0. The molecule has 110 valence electrons. The molecule has 1 aromatic heterocycles. The van der Waals surface area contributed by atoms with Crippen molar-refractivity contribution in [1.29, 1.82) is 0 Å². The van der Waals surface area contributed by atoms with Crippen LogP contribution in [0.3, 0.4) is 0 Å². The number of aromatic nitrogens is 1. The molecule has 2 N–H and O–H groups in total. The van der Waals surface area contributed by atoms with Gasteiger partial charge >= 0.3 is 5.69 Å². The molecule has 0 aromatic carbocycles. The number of pyridine rings is 1. The first kappa shape index (κ1) is 14.5. The van der Waals surface area contributed by atoms with E-state index in [2.05, 4.69) is 20.5 Å². The molecule has 1 saturated heterocycles. The summed E-state index contributed by atoms with van der Waals surface area (Å²) in [5, 5.41) is 16.9. The first-order chi connectivity index (χ1) is 9.60. The van der Waals surface area contributed by atoms with Gasteiger partial charge in [-0.2, -0.15) is 0 Å². The van der Waals surface area contributed by atoms with E-state index in [4.69, 9.17) is 4.74 Å². The van der Waals surface area contributed by atoms with Gasteiger partial charge in [0.2, 0.25) is 5.82 Å². The zero-order valence-corrected chi connectivity index (χ0v) is 11.6. The lowest BCUT2D eigenvalue weighted by molar-refractivity contribution is -0.384. The SMILES string of the molecule is CNc1ccc([N+](=O)[O-])c(NCC2CN(C)CCO2)n1. The minimum absolute atomic E-state index is 0.00777. The summed E-state index contributed by atoms with van der Waals surface area (Å²) < 4.78 is 5.61. The number of hydrogen-bond donors (Lipinski definition) is 2. The van der Waals surface area contributed by atoms with Crippen molar-refractivity contribution in [2.45, 2.75) is 6.10 Å². The van der Waals surface area contributed by atoms with Gasteiger partial charge < -0.3 is 20.3 Å². The Hall–Kier alpha value is -1.93. The molecule has 1 atom stereocenters. The van der Waals surface area contributed by atoms with Gasteiger partial charge in [-0.1, -0.05) is 0 Å². The van der Waals surface area contributed by atoms with Gasteiger partial charge in [-0.25, -0.2) is 4.98 Å². The third-order valence-corrected chi connectivity index (χ3v) is 3.17. The zero-order chi connectivity index (χ0) is 14.5. The second-order valence-corrected chi connectivity index (χ2v) is 4.71. The lowest BCUT2D eigenvalue weighted by Gasteiger charge is -2.30. The number of nitrogens with one attached hydrogen (secondary N) is 2. The summed E-state index contributed by atoms with van der Waals surface area (Å²) in [6.07, 6.45) is 0.00777. The highest BCUT2D eigenvalue weighted by atomic mass is 16.6. The fourth-order valence-corrected chi connectivity index (χ4v) is 2.07. The lowest BCUT2D eigenvalue weighted by atomic mass is 10.2. The van der Waals surface area contributed by atoms with Gasteiger partial charge in [0.1, 0.15) is 5.82 Å². The highest BCUT2D eigenvalue weighted by Gasteiger charge is 2.20. The van der Waals surface area contributed by atoms with Crippen molar-refractivity contribution in [2.75, 3.05) is 51.0 Å². The van der Waals surface area contributed by atoms with E-state index in [0.717, 1.165) is 13.1 Å². The van der Waals surface area contributed by atoms with Gasteiger partial charge in [-0.15, -0.1) is 0 Å². The lowest BCUT2D eigenvalue weighted by Crippen LogP contribution is -2.43. The molecule has 2 heterocycles. The van der Waals surface area contributed by atoms with Crippen molar-refractivity contribution >= 4 is 17.3 Å². The van der Waals surface area contributed by atoms with Crippen LogP contribution in [0.1, 0.15) is 0 Å². The fourth-order valence-electron chi connectivity index (χ4n) is 2.07. The normalized spacial score (nSPS) is 19.6. The van der Waals surface area contributed by atoms with Crippen LogP contribution in [0, 0.1) is 10.1 Å². The van der Waals surface area contributed by atoms with Crippen LogP contribution in [0.2, 0.25) is 0 Å². The molecular formula is C12H19N5O3. The largest absolute Gasteiger partial charge is 0.374 e. The van der Waals surface area contributed by atoms with Crippen molar-refractivity contribution in [3.63, 3.8) is 0 Å². The van der Waals surface area contributed by atoms with E-state index in [9.17, 15) is 10.1 Å². The summed E-state index contributed by atoms with van der Waals surface area (Å²) in [5.74, 6) is 0.846. The molecule has 0 spiro atoms. The maximum Gasteiger partial charge on any atom is 0.311 e. The Bertz CT molecular complexity index is 482. The number of rotatable bonds is 5. The number of hydrogen-bond acceptors (Lipinski definition) is 7. The third-order valence-electron chi connectivity index (χ3n) is 3.17. The molecule has 1 aliphatic heterocycles. The van der Waals surface area contributed by atoms with Crippen molar-refractivity contribution in [1.82, 2.24) is 9.88 Å². The average Bonchev–Trinajstić information content (AvgIpc) is 2.44. The molecule has 0 amide bonds. The Balaban J connectivity index is 2.05. The third kappa shape index (κ3) is 3.55. The van der Waals surface area contributed by atoms with E-state index in [1.807, 2.05) is 7.05 Å². The first-order valence-corrected chi connectivity index (χ1v) is 6.47. The van der Waals surface area contributed by atoms with E-state index in [1.165, 1.54) is 6.07 Å². The molecule has 1 aromatic rings. The predicted molar refractivity (Wildman–Crippen MR) is 76.2 cm³/mol. The summed E-state index contributed by atoms with van der Waals surface area (Å²) in [6.45, 7) is 2.87. The summed E-state index contributed by atoms with van der Waals surface area (Å²) in [6, 6.07) is 3.02. The molecule has 0 bridgehead atoms. The predicted octanol–water partition coefficient (Wildman–Crippen LogP) is 0.774. The minimum Gasteiger partial charge on any atom is -0.374 e. The quantitative estimate of drug-likeness (QED) is 0.608. The van der Waals surface area contributed by atoms with Crippen LogP contribution in [-0.4, -0.2) is 61.2 Å². The molecular weight excluding hydrogens is 262 g/mol. The van der Waals surface area contributed by atoms with Crippen molar-refractivity contribution in [3.8, 4) is 0 Å². The van der Waals surface area contributed by atoms with Crippen LogP contribution >= 0.6 is 0 Å². The highest BCUT2D eigenvalue weighted by Crippen LogP contribution is 2.23. The van der Waals surface area contributed by atoms with Crippen molar-refractivity contribution in [3.05, 3.63) is 22.2 Å². The monoisotopic (exact) mass is 281 g/mol. The van der Waals surface area contributed by atoms with E-state index in [1.54, 1.807) is 13.1 Å². The van der Waals surface area contributed by atoms with Crippen LogP contribution in [0.25, 0.3) is 0 Å². The zero-order valence-electron chi connectivity index (χ0n) is 11.6.